The van der Waals surface area contributed by atoms with Crippen LogP contribution in [0.2, 0.25) is 0 Å². The van der Waals surface area contributed by atoms with Crippen molar-refractivity contribution in [3.8, 4) is 6.07 Å². The molecular weight excluding hydrogens is 112 g/mol. The largest absolute Gasteiger partial charge is 0.309 e. The van der Waals surface area contributed by atoms with Crippen LogP contribution in [0, 0.1) is 11.3 Å². The molecule has 2 heteroatoms. The summed E-state index contributed by atoms with van der Waals surface area (Å²) in [6.07, 6.45) is 5.88. The SMILES string of the molecule is N#CCC1C=CCCN1. The number of nitrogens with one attached hydrogen (secondary N) is 1. The summed E-state index contributed by atoms with van der Waals surface area (Å²) in [5.74, 6) is 0. The van der Waals surface area contributed by atoms with Crippen LogP contribution in [0.1, 0.15) is 12.8 Å². The molecule has 0 spiro atoms. The molecule has 1 aliphatic heterocycles. The van der Waals surface area contributed by atoms with Crippen molar-refractivity contribution in [2.24, 2.45) is 0 Å². The fraction of sp³-hybridized carbons (Fsp3) is 0.571. The number of nitrogens with zero attached hydrogens (tertiary/aromatic N) is 1. The number of rotatable bonds is 1. The maximum Gasteiger partial charge on any atom is 0.0641 e. The van der Waals surface area contributed by atoms with E-state index in [0.717, 1.165) is 13.0 Å². The predicted octanol–water partition coefficient (Wildman–Crippen LogP) is 0.818. The van der Waals surface area contributed by atoms with Crippen LogP contribution in [0.3, 0.4) is 0 Å². The molecule has 48 valence electrons. The molecule has 1 rings (SSSR count). The first-order chi connectivity index (χ1) is 4.43. The highest BCUT2D eigenvalue weighted by Crippen LogP contribution is 1.99. The minimum atomic E-state index is 0.309. The molecule has 9 heavy (non-hydrogen) atoms. The van der Waals surface area contributed by atoms with Gasteiger partial charge in [0.15, 0.2) is 0 Å². The van der Waals surface area contributed by atoms with Gasteiger partial charge in [0.1, 0.15) is 0 Å². The fourth-order valence-electron chi connectivity index (χ4n) is 0.919. The van der Waals surface area contributed by atoms with E-state index in [1.807, 2.05) is 0 Å². The molecular formula is C7H10N2. The lowest BCUT2D eigenvalue weighted by molar-refractivity contribution is 0.584. The molecule has 0 saturated heterocycles. The molecule has 0 aromatic carbocycles. The monoisotopic (exact) mass is 122 g/mol. The van der Waals surface area contributed by atoms with Crippen LogP contribution in [0.25, 0.3) is 0 Å². The lowest BCUT2D eigenvalue weighted by Gasteiger charge is -2.14. The Balaban J connectivity index is 2.33. The summed E-state index contributed by atoms with van der Waals surface area (Å²) in [5, 5.41) is 11.5. The standard InChI is InChI=1S/C7H10N2/c8-5-4-7-3-1-2-6-9-7/h1,3,7,9H,2,4,6H2. The molecule has 2 nitrogen and oxygen atoms in total. The predicted molar refractivity (Wildman–Crippen MR) is 35.8 cm³/mol. The van der Waals surface area contributed by atoms with Gasteiger partial charge in [-0.2, -0.15) is 5.26 Å². The normalized spacial score (nSPS) is 25.4. The molecule has 1 aliphatic rings. The third-order valence-electron chi connectivity index (χ3n) is 1.40. The van der Waals surface area contributed by atoms with E-state index in [1.165, 1.54) is 0 Å². The molecule has 1 heterocycles. The lowest BCUT2D eigenvalue weighted by atomic mass is 10.1. The highest BCUT2D eigenvalue weighted by atomic mass is 14.9. The summed E-state index contributed by atoms with van der Waals surface area (Å²) in [4.78, 5) is 0. The first-order valence-electron chi connectivity index (χ1n) is 3.20. The van der Waals surface area contributed by atoms with Crippen molar-refractivity contribution in [1.82, 2.24) is 5.32 Å². The van der Waals surface area contributed by atoms with Crippen LogP contribution in [0.15, 0.2) is 12.2 Å². The van der Waals surface area contributed by atoms with E-state index in [1.54, 1.807) is 0 Å². The Bertz CT molecular complexity index is 143. The minimum Gasteiger partial charge on any atom is -0.309 e. The second-order valence-corrected chi connectivity index (χ2v) is 2.14. The second kappa shape index (κ2) is 3.26. The summed E-state index contributed by atoms with van der Waals surface area (Å²) < 4.78 is 0. The van der Waals surface area contributed by atoms with Gasteiger partial charge in [0.25, 0.3) is 0 Å². The third kappa shape index (κ3) is 1.87. The smallest absolute Gasteiger partial charge is 0.0641 e. The van der Waals surface area contributed by atoms with Crippen molar-refractivity contribution in [2.75, 3.05) is 6.54 Å². The fourth-order valence-corrected chi connectivity index (χ4v) is 0.919. The van der Waals surface area contributed by atoms with Gasteiger partial charge in [0, 0.05) is 6.04 Å². The van der Waals surface area contributed by atoms with E-state index in [0.29, 0.717) is 12.5 Å². The van der Waals surface area contributed by atoms with Crippen LogP contribution in [-0.4, -0.2) is 12.6 Å². The van der Waals surface area contributed by atoms with E-state index in [4.69, 9.17) is 5.26 Å². The summed E-state index contributed by atoms with van der Waals surface area (Å²) in [5.41, 5.74) is 0. The maximum atomic E-state index is 8.29. The number of hydrogen-bond acceptors (Lipinski definition) is 2. The quantitative estimate of drug-likeness (QED) is 0.522. The van der Waals surface area contributed by atoms with Crippen molar-refractivity contribution < 1.29 is 0 Å². The summed E-state index contributed by atoms with van der Waals surface area (Å²) in [6.45, 7) is 1.02. The molecule has 0 radical (unpaired) electrons. The Morgan fingerprint density at radius 2 is 2.67 bits per heavy atom. The zero-order valence-electron chi connectivity index (χ0n) is 5.30. The topological polar surface area (TPSA) is 35.8 Å². The Morgan fingerprint density at radius 3 is 3.22 bits per heavy atom. The molecule has 0 aromatic heterocycles. The van der Waals surface area contributed by atoms with Crippen molar-refractivity contribution >= 4 is 0 Å². The van der Waals surface area contributed by atoms with Crippen molar-refractivity contribution in [2.45, 2.75) is 18.9 Å². The van der Waals surface area contributed by atoms with Gasteiger partial charge in [-0.25, -0.2) is 0 Å². The van der Waals surface area contributed by atoms with E-state index < -0.39 is 0 Å². The molecule has 1 N–H and O–H groups in total. The average molecular weight is 122 g/mol. The molecule has 0 amide bonds. The van der Waals surface area contributed by atoms with Gasteiger partial charge in [-0.05, 0) is 13.0 Å². The third-order valence-corrected chi connectivity index (χ3v) is 1.40. The van der Waals surface area contributed by atoms with Crippen molar-refractivity contribution in [3.63, 3.8) is 0 Å². The minimum absolute atomic E-state index is 0.309. The van der Waals surface area contributed by atoms with Gasteiger partial charge in [-0.15, -0.1) is 0 Å². The molecule has 0 saturated carbocycles. The summed E-state index contributed by atoms with van der Waals surface area (Å²) in [7, 11) is 0. The van der Waals surface area contributed by atoms with Gasteiger partial charge in [-0.1, -0.05) is 12.2 Å². The highest BCUT2D eigenvalue weighted by Gasteiger charge is 2.04. The molecule has 0 aromatic rings. The van der Waals surface area contributed by atoms with E-state index in [2.05, 4.69) is 23.5 Å². The van der Waals surface area contributed by atoms with Crippen LogP contribution in [0.4, 0.5) is 0 Å². The van der Waals surface area contributed by atoms with Crippen molar-refractivity contribution in [3.05, 3.63) is 12.2 Å². The number of nitriles is 1. The first kappa shape index (κ1) is 6.31. The summed E-state index contributed by atoms with van der Waals surface area (Å²) >= 11 is 0. The lowest BCUT2D eigenvalue weighted by Crippen LogP contribution is -2.30. The Hall–Kier alpha value is -0.810. The zero-order chi connectivity index (χ0) is 6.53. The Kier molecular flexibility index (Phi) is 2.29. The maximum absolute atomic E-state index is 8.29. The van der Waals surface area contributed by atoms with Crippen molar-refractivity contribution in [1.29, 1.82) is 5.26 Å². The molecule has 1 unspecified atom stereocenters. The molecule has 0 fully saturated rings. The van der Waals surface area contributed by atoms with E-state index >= 15 is 0 Å². The Morgan fingerprint density at radius 1 is 1.78 bits per heavy atom. The van der Waals surface area contributed by atoms with Gasteiger partial charge in [-0.3, -0.25) is 0 Å². The van der Waals surface area contributed by atoms with E-state index in [9.17, 15) is 0 Å². The van der Waals surface area contributed by atoms with Crippen LogP contribution in [-0.2, 0) is 0 Å². The second-order valence-electron chi connectivity index (χ2n) is 2.14. The van der Waals surface area contributed by atoms with Gasteiger partial charge in [0.2, 0.25) is 0 Å². The molecule has 1 atom stereocenters. The number of hydrogen-bond donors (Lipinski definition) is 1. The van der Waals surface area contributed by atoms with Crippen LogP contribution < -0.4 is 5.32 Å². The van der Waals surface area contributed by atoms with Crippen LogP contribution >= 0.6 is 0 Å². The van der Waals surface area contributed by atoms with E-state index in [-0.39, 0.29) is 0 Å². The average Bonchev–Trinajstić information content (AvgIpc) is 1.91. The first-order valence-corrected chi connectivity index (χ1v) is 3.20. The van der Waals surface area contributed by atoms with Gasteiger partial charge >= 0.3 is 0 Å². The van der Waals surface area contributed by atoms with Gasteiger partial charge in [0.05, 0.1) is 12.5 Å². The highest BCUT2D eigenvalue weighted by molar-refractivity contribution is 5.01. The van der Waals surface area contributed by atoms with Gasteiger partial charge < -0.3 is 5.32 Å². The summed E-state index contributed by atoms with van der Waals surface area (Å²) in [6, 6.07) is 2.43. The molecule has 0 aliphatic carbocycles. The van der Waals surface area contributed by atoms with Crippen LogP contribution in [0.5, 0.6) is 0 Å². The molecule has 0 bridgehead atoms. The zero-order valence-corrected chi connectivity index (χ0v) is 5.30. The Labute approximate surface area is 55.2 Å².